The molecule has 3 saturated carbocycles. The molecule has 9 nitrogen and oxygen atoms in total. The molecular weight excluding hydrogens is 640 g/mol. The second kappa shape index (κ2) is 14.3. The zero-order valence-electron chi connectivity index (χ0n) is 31.1. The molecule has 51 heavy (non-hydrogen) atoms. The van der Waals surface area contributed by atoms with Crippen molar-refractivity contribution in [1.29, 1.82) is 0 Å². The van der Waals surface area contributed by atoms with Crippen LogP contribution in [0, 0.1) is 56.5 Å². The zero-order chi connectivity index (χ0) is 35.9. The monoisotopic (exact) mass is 696 g/mol. The number of carbonyl (C=O) groups is 1. The summed E-state index contributed by atoms with van der Waals surface area (Å²) in [4.78, 5) is 25.1. The highest BCUT2D eigenvalue weighted by Gasteiger charge is 2.59. The van der Waals surface area contributed by atoms with E-state index in [1.54, 1.807) is 6.07 Å². The van der Waals surface area contributed by atoms with Crippen molar-refractivity contribution in [2.24, 2.45) is 46.3 Å². The number of allylic oxidation sites excluding steroid dienone is 1. The lowest BCUT2D eigenvalue weighted by atomic mass is 9.47. The summed E-state index contributed by atoms with van der Waals surface area (Å²) in [5, 5.41) is 22.5. The Morgan fingerprint density at radius 2 is 1.78 bits per heavy atom. The Labute approximate surface area is 302 Å². The lowest BCUT2D eigenvalue weighted by molar-refractivity contribution is -0.383. The minimum atomic E-state index is -0.731. The van der Waals surface area contributed by atoms with Gasteiger partial charge in [0.15, 0.2) is 5.52 Å². The highest BCUT2D eigenvalue weighted by atomic mass is 16.6. The predicted octanol–water partition coefficient (Wildman–Crippen LogP) is 10.1. The molecule has 1 N–H and O–H groups in total. The molecule has 0 spiro atoms. The Kier molecular flexibility index (Phi) is 10.0. The van der Waals surface area contributed by atoms with Crippen molar-refractivity contribution in [1.82, 2.24) is 10.3 Å². The number of hydrogen-bond acceptors (Lipinski definition) is 8. The van der Waals surface area contributed by atoms with Crippen LogP contribution < -0.4 is 5.32 Å². The highest BCUT2D eigenvalue weighted by molar-refractivity contribution is 5.95. The molecule has 1 aromatic heterocycles. The molecule has 9 atom stereocenters. The number of anilines is 1. The number of nitro groups is 1. The van der Waals surface area contributed by atoms with E-state index in [0.717, 1.165) is 60.8 Å². The maximum absolute atomic E-state index is 14.0. The molecular formula is C42H56N4O5. The van der Waals surface area contributed by atoms with E-state index in [9.17, 15) is 14.9 Å². The lowest BCUT2D eigenvalue weighted by Gasteiger charge is -2.58. The van der Waals surface area contributed by atoms with Gasteiger partial charge in [-0.05, 0) is 113 Å². The van der Waals surface area contributed by atoms with Crippen molar-refractivity contribution in [3.05, 3.63) is 69.8 Å². The zero-order valence-corrected chi connectivity index (χ0v) is 31.1. The van der Waals surface area contributed by atoms with Crippen molar-refractivity contribution in [2.75, 3.05) is 5.32 Å². The average molecular weight is 697 g/mol. The van der Waals surface area contributed by atoms with Crippen LogP contribution in [0.25, 0.3) is 11.0 Å². The molecule has 0 aliphatic heterocycles. The molecule has 7 rings (SSSR count). The number of nitro benzene ring substituents is 1. The summed E-state index contributed by atoms with van der Waals surface area (Å²) in [5.74, 6) is 4.39. The van der Waals surface area contributed by atoms with Gasteiger partial charge in [-0.1, -0.05) is 95.9 Å². The number of esters is 1. The van der Waals surface area contributed by atoms with Crippen LogP contribution in [-0.2, 0) is 16.0 Å². The van der Waals surface area contributed by atoms with Gasteiger partial charge in [-0.25, -0.2) is 9.42 Å². The fourth-order valence-corrected chi connectivity index (χ4v) is 11.3. The third-order valence-corrected chi connectivity index (χ3v) is 14.0. The van der Waals surface area contributed by atoms with Crippen LogP contribution in [0.5, 0.6) is 0 Å². The Balaban J connectivity index is 1.04. The average Bonchev–Trinajstić information content (AvgIpc) is 3.73. The number of nitrogens with zero attached hydrogens (tertiary/aromatic N) is 3. The maximum atomic E-state index is 14.0. The van der Waals surface area contributed by atoms with E-state index in [0.29, 0.717) is 23.4 Å². The number of ether oxygens (including phenoxy) is 1. The highest BCUT2D eigenvalue weighted by Crippen LogP contribution is 2.67. The first-order valence-corrected chi connectivity index (χ1v) is 19.6. The van der Waals surface area contributed by atoms with Gasteiger partial charge >= 0.3 is 11.7 Å². The number of fused-ring (bicyclic) bond motifs is 6. The quantitative estimate of drug-likeness (QED) is 0.0860. The minimum Gasteiger partial charge on any atom is -0.461 e. The van der Waals surface area contributed by atoms with Crippen LogP contribution in [0.4, 0.5) is 11.4 Å². The van der Waals surface area contributed by atoms with Gasteiger partial charge < -0.3 is 10.1 Å². The summed E-state index contributed by atoms with van der Waals surface area (Å²) in [6.07, 6.45) is 16.1. The topological polar surface area (TPSA) is 120 Å². The van der Waals surface area contributed by atoms with Crippen LogP contribution in [0.1, 0.15) is 111 Å². The SMILES string of the molecule is CC(C)CCC[C@@H](C)[C@H]1CC[C@H]2[C@@H]3CC=C4C[C@@H](OC(=O)[C@H](Cc5ccccc5)Nc5ccc([N+](=O)[O-])c6nonc56)CC[C@]4(C)[C@H]3CC[C@]12C. The number of aromatic nitrogens is 2. The van der Waals surface area contributed by atoms with Crippen LogP contribution in [0.2, 0.25) is 0 Å². The second-order valence-corrected chi connectivity index (χ2v) is 17.3. The molecule has 3 aromatic rings. The van der Waals surface area contributed by atoms with Crippen LogP contribution in [0.15, 0.2) is 58.7 Å². The fourth-order valence-electron chi connectivity index (χ4n) is 11.3. The Morgan fingerprint density at radius 3 is 2.55 bits per heavy atom. The molecule has 274 valence electrons. The number of benzene rings is 2. The largest absolute Gasteiger partial charge is 0.461 e. The molecule has 9 heteroatoms. The molecule has 4 aliphatic carbocycles. The molecule has 3 fully saturated rings. The van der Waals surface area contributed by atoms with E-state index >= 15 is 0 Å². The van der Waals surface area contributed by atoms with Crippen LogP contribution >= 0.6 is 0 Å². The first-order chi connectivity index (χ1) is 24.5. The second-order valence-electron chi connectivity index (χ2n) is 17.3. The third-order valence-electron chi connectivity index (χ3n) is 14.0. The maximum Gasteiger partial charge on any atom is 0.329 e. The van der Waals surface area contributed by atoms with Gasteiger partial charge in [0, 0.05) is 18.9 Å². The van der Waals surface area contributed by atoms with E-state index in [1.807, 2.05) is 30.3 Å². The van der Waals surface area contributed by atoms with Crippen molar-refractivity contribution < 1.29 is 19.1 Å². The van der Waals surface area contributed by atoms with E-state index in [4.69, 9.17) is 9.37 Å². The van der Waals surface area contributed by atoms with E-state index in [2.05, 4.69) is 56.3 Å². The first-order valence-electron chi connectivity index (χ1n) is 19.6. The summed E-state index contributed by atoms with van der Waals surface area (Å²) < 4.78 is 11.2. The molecule has 0 bridgehead atoms. The number of nitrogens with one attached hydrogen (secondary N) is 1. The summed E-state index contributed by atoms with van der Waals surface area (Å²) in [6, 6.07) is 12.0. The van der Waals surface area contributed by atoms with E-state index < -0.39 is 11.0 Å². The van der Waals surface area contributed by atoms with Gasteiger partial charge in [0.25, 0.3) is 0 Å². The van der Waals surface area contributed by atoms with Crippen molar-refractivity contribution in [2.45, 2.75) is 124 Å². The third kappa shape index (κ3) is 6.82. The Hall–Kier alpha value is -3.75. The van der Waals surface area contributed by atoms with Gasteiger partial charge in [0.1, 0.15) is 12.1 Å². The number of rotatable bonds is 12. The van der Waals surface area contributed by atoms with Gasteiger partial charge in [0.2, 0.25) is 5.52 Å². The van der Waals surface area contributed by atoms with Crippen molar-refractivity contribution in [3.8, 4) is 0 Å². The summed E-state index contributed by atoms with van der Waals surface area (Å²) in [5.41, 5.74) is 3.59. The van der Waals surface area contributed by atoms with Gasteiger partial charge in [-0.3, -0.25) is 10.1 Å². The fraction of sp³-hybridized carbons (Fsp3) is 0.643. The standard InChI is InChI=1S/C42H56N4O5/c1-26(2)10-9-11-27(3)32-16-17-33-31-15-14-29-25-30(20-22-41(29,4)34(31)21-23-42(32,33)5)50-40(47)36(24-28-12-7-6-8-13-28)43-35-18-19-37(46(48)49)39-38(35)44-51-45-39/h6-8,12-14,18-19,26-27,30-34,36,43H,9-11,15-17,20-25H2,1-5H3/t27-,30+,31+,32-,33+,34+,36+,41+,42-/m1/s1. The van der Waals surface area contributed by atoms with Gasteiger partial charge in [-0.2, -0.15) is 0 Å². The minimum absolute atomic E-state index is 0.0400. The first kappa shape index (κ1) is 35.6. The summed E-state index contributed by atoms with van der Waals surface area (Å²) in [7, 11) is 0. The summed E-state index contributed by atoms with van der Waals surface area (Å²) in [6.45, 7) is 12.4. The smallest absolute Gasteiger partial charge is 0.329 e. The number of carbonyl (C=O) groups excluding carboxylic acids is 1. The molecule has 0 unspecified atom stereocenters. The molecule has 0 radical (unpaired) electrons. The van der Waals surface area contributed by atoms with Gasteiger partial charge in [0.05, 0.1) is 10.6 Å². The van der Waals surface area contributed by atoms with E-state index in [1.165, 1.54) is 56.6 Å². The number of non-ortho nitro benzene ring substituents is 1. The molecule has 0 amide bonds. The van der Waals surface area contributed by atoms with Crippen LogP contribution in [0.3, 0.4) is 0 Å². The Morgan fingerprint density at radius 1 is 1.00 bits per heavy atom. The lowest BCUT2D eigenvalue weighted by Crippen LogP contribution is -2.51. The van der Waals surface area contributed by atoms with Crippen molar-refractivity contribution in [3.63, 3.8) is 0 Å². The number of hydrogen-bond donors (Lipinski definition) is 1. The summed E-state index contributed by atoms with van der Waals surface area (Å²) >= 11 is 0. The Bertz CT molecular complexity index is 1750. The molecule has 2 aromatic carbocycles. The molecule has 1 heterocycles. The van der Waals surface area contributed by atoms with Crippen molar-refractivity contribution >= 4 is 28.4 Å². The van der Waals surface area contributed by atoms with E-state index in [-0.39, 0.29) is 34.2 Å². The molecule has 4 aliphatic rings. The molecule has 0 saturated heterocycles. The predicted molar refractivity (Wildman–Crippen MR) is 199 cm³/mol. The van der Waals surface area contributed by atoms with Crippen LogP contribution in [-0.4, -0.2) is 33.4 Å². The normalized spacial score (nSPS) is 31.3. The van der Waals surface area contributed by atoms with Gasteiger partial charge in [-0.15, -0.1) is 0 Å².